The molecule has 0 amide bonds. The predicted octanol–water partition coefficient (Wildman–Crippen LogP) is 3.42. The molecule has 0 radical (unpaired) electrons. The minimum Gasteiger partial charge on any atom is -0.387 e. The van der Waals surface area contributed by atoms with Gasteiger partial charge in [-0.1, -0.05) is 41.9 Å². The summed E-state index contributed by atoms with van der Waals surface area (Å²) < 4.78 is 5.50. The SMILES string of the molecule is CCN(Cc1noc2c1CCCC2)CC(O)c1ccc(C)cc1. The van der Waals surface area contributed by atoms with Crippen molar-refractivity contribution >= 4 is 0 Å². The molecular formula is C19H26N2O2. The first-order valence-electron chi connectivity index (χ1n) is 8.60. The van der Waals surface area contributed by atoms with Crippen LogP contribution in [-0.4, -0.2) is 28.3 Å². The van der Waals surface area contributed by atoms with Crippen LogP contribution in [0.4, 0.5) is 0 Å². The van der Waals surface area contributed by atoms with Gasteiger partial charge in [0.1, 0.15) is 11.5 Å². The third-order valence-corrected chi connectivity index (χ3v) is 4.75. The van der Waals surface area contributed by atoms with Gasteiger partial charge in [-0.05, 0) is 38.3 Å². The summed E-state index contributed by atoms with van der Waals surface area (Å²) in [6.07, 6.45) is 4.04. The van der Waals surface area contributed by atoms with E-state index in [4.69, 9.17) is 4.52 Å². The van der Waals surface area contributed by atoms with Gasteiger partial charge in [0, 0.05) is 25.1 Å². The summed E-state index contributed by atoms with van der Waals surface area (Å²) in [4.78, 5) is 2.23. The maximum Gasteiger partial charge on any atom is 0.140 e. The molecule has 1 atom stereocenters. The second-order valence-corrected chi connectivity index (χ2v) is 6.49. The number of hydrogen-bond acceptors (Lipinski definition) is 4. The van der Waals surface area contributed by atoms with Gasteiger partial charge < -0.3 is 9.63 Å². The number of hydrogen-bond donors (Lipinski definition) is 1. The first kappa shape index (κ1) is 16.2. The van der Waals surface area contributed by atoms with Gasteiger partial charge in [-0.3, -0.25) is 4.90 Å². The molecule has 0 spiro atoms. The number of benzene rings is 1. The maximum absolute atomic E-state index is 10.5. The van der Waals surface area contributed by atoms with Gasteiger partial charge in [-0.25, -0.2) is 0 Å². The highest BCUT2D eigenvalue weighted by atomic mass is 16.5. The summed E-state index contributed by atoms with van der Waals surface area (Å²) in [5.74, 6) is 1.07. The largest absolute Gasteiger partial charge is 0.387 e. The van der Waals surface area contributed by atoms with Crippen molar-refractivity contribution in [3.05, 3.63) is 52.4 Å². The van der Waals surface area contributed by atoms with Gasteiger partial charge in [0.15, 0.2) is 0 Å². The molecular weight excluding hydrogens is 288 g/mol. The summed E-state index contributed by atoms with van der Waals surface area (Å²) in [6.45, 7) is 6.42. The predicted molar refractivity (Wildman–Crippen MR) is 90.2 cm³/mol. The number of likely N-dealkylation sites (N-methyl/N-ethyl adjacent to an activating group) is 1. The molecule has 0 saturated heterocycles. The number of rotatable bonds is 6. The fraction of sp³-hybridized carbons (Fsp3) is 0.526. The number of nitrogens with zero attached hydrogens (tertiary/aromatic N) is 2. The Kier molecular flexibility index (Phi) is 5.13. The zero-order valence-electron chi connectivity index (χ0n) is 14.1. The van der Waals surface area contributed by atoms with E-state index in [0.29, 0.717) is 6.54 Å². The molecule has 124 valence electrons. The molecule has 1 heterocycles. The zero-order valence-corrected chi connectivity index (χ0v) is 14.1. The topological polar surface area (TPSA) is 49.5 Å². The van der Waals surface area contributed by atoms with E-state index in [2.05, 4.69) is 23.9 Å². The van der Waals surface area contributed by atoms with Crippen LogP contribution in [-0.2, 0) is 19.4 Å². The number of aliphatic hydroxyl groups is 1. The van der Waals surface area contributed by atoms with Crippen molar-refractivity contribution < 1.29 is 9.63 Å². The summed E-state index contributed by atoms with van der Waals surface area (Å²) in [5, 5.41) is 14.8. The molecule has 2 aromatic rings. The van der Waals surface area contributed by atoms with Crippen molar-refractivity contribution in [2.24, 2.45) is 0 Å². The Morgan fingerprint density at radius 3 is 2.70 bits per heavy atom. The molecule has 3 rings (SSSR count). The van der Waals surface area contributed by atoms with Crippen LogP contribution in [0.15, 0.2) is 28.8 Å². The summed E-state index contributed by atoms with van der Waals surface area (Å²) >= 11 is 0. The van der Waals surface area contributed by atoms with Crippen molar-refractivity contribution in [3.8, 4) is 0 Å². The minimum atomic E-state index is -0.474. The molecule has 1 aromatic heterocycles. The highest BCUT2D eigenvalue weighted by Crippen LogP contribution is 2.25. The van der Waals surface area contributed by atoms with Gasteiger partial charge in [-0.15, -0.1) is 0 Å². The quantitative estimate of drug-likeness (QED) is 0.887. The molecule has 1 aliphatic carbocycles. The summed E-state index contributed by atoms with van der Waals surface area (Å²) in [7, 11) is 0. The Hall–Kier alpha value is -1.65. The highest BCUT2D eigenvalue weighted by Gasteiger charge is 2.21. The van der Waals surface area contributed by atoms with Crippen LogP contribution in [0.25, 0.3) is 0 Å². The normalized spacial score (nSPS) is 15.7. The lowest BCUT2D eigenvalue weighted by Gasteiger charge is -2.23. The van der Waals surface area contributed by atoms with Crippen molar-refractivity contribution in [1.82, 2.24) is 10.1 Å². The van der Waals surface area contributed by atoms with E-state index in [0.717, 1.165) is 42.9 Å². The monoisotopic (exact) mass is 314 g/mol. The second kappa shape index (κ2) is 7.28. The van der Waals surface area contributed by atoms with Crippen LogP contribution < -0.4 is 0 Å². The molecule has 1 aromatic carbocycles. The van der Waals surface area contributed by atoms with E-state index in [9.17, 15) is 5.11 Å². The van der Waals surface area contributed by atoms with E-state index in [1.165, 1.54) is 24.0 Å². The maximum atomic E-state index is 10.5. The highest BCUT2D eigenvalue weighted by molar-refractivity contribution is 5.26. The minimum absolute atomic E-state index is 0.474. The van der Waals surface area contributed by atoms with Crippen LogP contribution in [0.5, 0.6) is 0 Å². The van der Waals surface area contributed by atoms with Gasteiger partial charge in [0.25, 0.3) is 0 Å². The number of fused-ring (bicyclic) bond motifs is 1. The molecule has 0 aliphatic heterocycles. The Morgan fingerprint density at radius 2 is 1.96 bits per heavy atom. The standard InChI is InChI=1S/C19H26N2O2/c1-3-21(13-18(22)15-10-8-14(2)9-11-15)12-17-16-6-4-5-7-19(16)23-20-17/h8-11,18,22H,3-7,12-13H2,1-2H3. The van der Waals surface area contributed by atoms with Crippen LogP contribution in [0, 0.1) is 6.92 Å². The van der Waals surface area contributed by atoms with Gasteiger partial charge in [0.05, 0.1) is 6.10 Å². The Bertz CT molecular complexity index is 633. The Morgan fingerprint density at radius 1 is 1.22 bits per heavy atom. The molecule has 4 heteroatoms. The van der Waals surface area contributed by atoms with E-state index < -0.39 is 6.10 Å². The van der Waals surface area contributed by atoms with Crippen molar-refractivity contribution in [1.29, 1.82) is 0 Å². The van der Waals surface area contributed by atoms with Gasteiger partial charge in [-0.2, -0.15) is 0 Å². The Labute approximate surface area is 138 Å². The lowest BCUT2D eigenvalue weighted by Crippen LogP contribution is -2.28. The first-order chi connectivity index (χ1) is 11.2. The molecule has 0 bridgehead atoms. The Balaban J connectivity index is 1.66. The van der Waals surface area contributed by atoms with Crippen LogP contribution in [0.3, 0.4) is 0 Å². The van der Waals surface area contributed by atoms with E-state index >= 15 is 0 Å². The molecule has 23 heavy (non-hydrogen) atoms. The van der Waals surface area contributed by atoms with E-state index in [-0.39, 0.29) is 0 Å². The molecule has 0 fully saturated rings. The number of aromatic nitrogens is 1. The van der Waals surface area contributed by atoms with Crippen molar-refractivity contribution in [2.45, 2.75) is 52.2 Å². The third-order valence-electron chi connectivity index (χ3n) is 4.75. The summed E-state index contributed by atoms with van der Waals surface area (Å²) in [5.41, 5.74) is 4.54. The van der Waals surface area contributed by atoms with Gasteiger partial charge >= 0.3 is 0 Å². The number of aryl methyl sites for hydroxylation is 2. The summed E-state index contributed by atoms with van der Waals surface area (Å²) in [6, 6.07) is 8.10. The zero-order chi connectivity index (χ0) is 16.2. The van der Waals surface area contributed by atoms with E-state index in [1.807, 2.05) is 24.3 Å². The average Bonchev–Trinajstić information content (AvgIpc) is 2.98. The molecule has 1 N–H and O–H groups in total. The molecule has 1 aliphatic rings. The van der Waals surface area contributed by atoms with Crippen molar-refractivity contribution in [2.75, 3.05) is 13.1 Å². The van der Waals surface area contributed by atoms with Crippen LogP contribution in [0.2, 0.25) is 0 Å². The second-order valence-electron chi connectivity index (χ2n) is 6.49. The first-order valence-corrected chi connectivity index (χ1v) is 8.60. The average molecular weight is 314 g/mol. The molecule has 1 unspecified atom stereocenters. The smallest absolute Gasteiger partial charge is 0.140 e. The van der Waals surface area contributed by atoms with E-state index in [1.54, 1.807) is 0 Å². The lowest BCUT2D eigenvalue weighted by molar-refractivity contribution is 0.111. The fourth-order valence-electron chi connectivity index (χ4n) is 3.23. The van der Waals surface area contributed by atoms with Crippen LogP contribution >= 0.6 is 0 Å². The third kappa shape index (κ3) is 3.82. The van der Waals surface area contributed by atoms with Crippen molar-refractivity contribution in [3.63, 3.8) is 0 Å². The lowest BCUT2D eigenvalue weighted by atomic mass is 9.96. The molecule has 0 saturated carbocycles. The number of aliphatic hydroxyl groups excluding tert-OH is 1. The fourth-order valence-corrected chi connectivity index (χ4v) is 3.23. The molecule has 4 nitrogen and oxygen atoms in total. The van der Waals surface area contributed by atoms with Gasteiger partial charge in [0.2, 0.25) is 0 Å². The van der Waals surface area contributed by atoms with Crippen LogP contribution in [0.1, 0.15) is 54.0 Å².